The van der Waals surface area contributed by atoms with Crippen molar-refractivity contribution in [3.63, 3.8) is 0 Å². The van der Waals surface area contributed by atoms with E-state index < -0.39 is 0 Å². The Hall–Kier alpha value is -1.26. The molecule has 1 saturated heterocycles. The fraction of sp³-hybridized carbons (Fsp3) is 0.632. The third-order valence-electron chi connectivity index (χ3n) is 5.82. The second-order valence-corrected chi connectivity index (χ2v) is 7.91. The Morgan fingerprint density at radius 3 is 2.67 bits per heavy atom. The first kappa shape index (κ1) is 17.6. The lowest BCUT2D eigenvalue weighted by Crippen LogP contribution is -2.35. The molecule has 1 unspecified atom stereocenters. The van der Waals surface area contributed by atoms with E-state index in [9.17, 15) is 4.79 Å². The third-order valence-corrected chi connectivity index (χ3v) is 6.13. The Kier molecular flexibility index (Phi) is 5.07. The molecule has 132 valence electrons. The molecule has 0 aromatic heterocycles. The van der Waals surface area contributed by atoms with Crippen LogP contribution in [0.5, 0.6) is 0 Å². The normalized spacial score (nSPS) is 21.8. The van der Waals surface area contributed by atoms with Gasteiger partial charge in [-0.05, 0) is 68.8 Å². The number of carbonyl (C=O) groups excluding carboxylic acids is 1. The van der Waals surface area contributed by atoms with Crippen molar-refractivity contribution in [1.29, 1.82) is 0 Å². The van der Waals surface area contributed by atoms with Crippen LogP contribution >= 0.6 is 11.6 Å². The van der Waals surface area contributed by atoms with E-state index in [0.717, 1.165) is 31.2 Å². The lowest BCUT2D eigenvalue weighted by molar-refractivity contribution is 0.0828. The molecule has 1 aliphatic heterocycles. The minimum Gasteiger partial charge on any atom is -0.371 e. The molecule has 1 heterocycles. The van der Waals surface area contributed by atoms with Crippen molar-refractivity contribution in [3.05, 3.63) is 28.8 Å². The maximum absolute atomic E-state index is 12.1. The Balaban J connectivity index is 1.61. The predicted molar refractivity (Wildman–Crippen MR) is 100 cm³/mol. The number of benzene rings is 1. The van der Waals surface area contributed by atoms with Crippen LogP contribution in [0.25, 0.3) is 0 Å². The summed E-state index contributed by atoms with van der Waals surface area (Å²) in [5, 5.41) is 3.81. The molecule has 1 aliphatic carbocycles. The predicted octanol–water partition coefficient (Wildman–Crippen LogP) is 3.26. The molecule has 2 fully saturated rings. The topological polar surface area (TPSA) is 35.6 Å². The van der Waals surface area contributed by atoms with E-state index in [1.54, 1.807) is 19.0 Å². The molecule has 1 amide bonds. The number of hydrogen-bond acceptors (Lipinski definition) is 3. The van der Waals surface area contributed by atoms with Crippen molar-refractivity contribution in [1.82, 2.24) is 10.2 Å². The maximum atomic E-state index is 12.1. The first-order chi connectivity index (χ1) is 11.5. The number of piperidine rings is 1. The van der Waals surface area contributed by atoms with Gasteiger partial charge < -0.3 is 15.1 Å². The van der Waals surface area contributed by atoms with Crippen molar-refractivity contribution < 1.29 is 4.79 Å². The molecular formula is C19H28ClN3O. The highest BCUT2D eigenvalue weighted by atomic mass is 35.5. The molecule has 1 atom stereocenters. The van der Waals surface area contributed by atoms with E-state index in [2.05, 4.69) is 10.2 Å². The van der Waals surface area contributed by atoms with Gasteiger partial charge in [0.05, 0.1) is 10.6 Å². The quantitative estimate of drug-likeness (QED) is 0.886. The van der Waals surface area contributed by atoms with Gasteiger partial charge in [0.25, 0.3) is 5.91 Å². The average Bonchev–Trinajstić information content (AvgIpc) is 3.24. The van der Waals surface area contributed by atoms with Crippen molar-refractivity contribution in [2.75, 3.05) is 45.7 Å². The smallest absolute Gasteiger partial charge is 0.254 e. The molecular weight excluding hydrogens is 322 g/mol. The number of rotatable bonds is 5. The van der Waals surface area contributed by atoms with Crippen LogP contribution in [0.2, 0.25) is 5.02 Å². The first-order valence-electron chi connectivity index (χ1n) is 8.87. The molecule has 0 radical (unpaired) electrons. The monoisotopic (exact) mass is 349 g/mol. The zero-order chi connectivity index (χ0) is 17.3. The summed E-state index contributed by atoms with van der Waals surface area (Å²) in [6, 6.07) is 5.84. The van der Waals surface area contributed by atoms with Gasteiger partial charge in [-0.2, -0.15) is 0 Å². The summed E-state index contributed by atoms with van der Waals surface area (Å²) in [6.07, 6.45) is 5.26. The number of halogens is 1. The minimum atomic E-state index is -0.0468. The van der Waals surface area contributed by atoms with Gasteiger partial charge in [0.2, 0.25) is 0 Å². The molecule has 1 saturated carbocycles. The van der Waals surface area contributed by atoms with Crippen LogP contribution < -0.4 is 10.2 Å². The molecule has 5 heteroatoms. The number of carbonyl (C=O) groups is 1. The zero-order valence-corrected chi connectivity index (χ0v) is 15.7. The largest absolute Gasteiger partial charge is 0.371 e. The van der Waals surface area contributed by atoms with E-state index in [0.29, 0.717) is 16.0 Å². The maximum Gasteiger partial charge on any atom is 0.254 e. The number of hydrogen-bond donors (Lipinski definition) is 1. The zero-order valence-electron chi connectivity index (χ0n) is 14.9. The highest BCUT2D eigenvalue weighted by molar-refractivity contribution is 6.34. The van der Waals surface area contributed by atoms with E-state index in [1.807, 2.05) is 25.2 Å². The minimum absolute atomic E-state index is 0.0468. The van der Waals surface area contributed by atoms with Crippen LogP contribution in [0.3, 0.4) is 0 Å². The van der Waals surface area contributed by atoms with Gasteiger partial charge in [-0.3, -0.25) is 4.79 Å². The van der Waals surface area contributed by atoms with Crippen molar-refractivity contribution in [2.45, 2.75) is 25.7 Å². The molecule has 0 bridgehead atoms. The number of nitrogens with zero attached hydrogens (tertiary/aromatic N) is 2. The summed E-state index contributed by atoms with van der Waals surface area (Å²) in [7, 11) is 5.53. The molecule has 24 heavy (non-hydrogen) atoms. The second-order valence-electron chi connectivity index (χ2n) is 7.51. The van der Waals surface area contributed by atoms with Crippen molar-refractivity contribution in [3.8, 4) is 0 Å². The number of nitrogens with one attached hydrogen (secondary N) is 1. The van der Waals surface area contributed by atoms with Gasteiger partial charge in [-0.15, -0.1) is 0 Å². The Labute approximate surface area is 150 Å². The highest BCUT2D eigenvalue weighted by Crippen LogP contribution is 2.60. The van der Waals surface area contributed by atoms with Crippen molar-refractivity contribution in [2.24, 2.45) is 11.3 Å². The summed E-state index contributed by atoms with van der Waals surface area (Å²) in [6.45, 7) is 3.31. The third kappa shape index (κ3) is 3.40. The van der Waals surface area contributed by atoms with Crippen LogP contribution in [0, 0.1) is 11.3 Å². The highest BCUT2D eigenvalue weighted by Gasteiger charge is 2.53. The van der Waals surface area contributed by atoms with Gasteiger partial charge >= 0.3 is 0 Å². The Morgan fingerprint density at radius 1 is 1.38 bits per heavy atom. The Morgan fingerprint density at radius 2 is 2.08 bits per heavy atom. The standard InChI is InChI=1S/C19H28ClN3O/c1-21-9-6-14-13-19(14)7-10-23(11-8-19)15-4-5-16(17(20)12-15)18(24)22(2)3/h4-5,12,14,21H,6-11,13H2,1-3H3. The van der Waals surface area contributed by atoms with Gasteiger partial charge in [-0.25, -0.2) is 0 Å². The number of anilines is 1. The summed E-state index contributed by atoms with van der Waals surface area (Å²) < 4.78 is 0. The average molecular weight is 350 g/mol. The Bertz CT molecular complexity index is 609. The van der Waals surface area contributed by atoms with Gasteiger partial charge in [0.15, 0.2) is 0 Å². The molecule has 4 nitrogen and oxygen atoms in total. The van der Waals surface area contributed by atoms with Crippen LogP contribution in [0.4, 0.5) is 5.69 Å². The summed E-state index contributed by atoms with van der Waals surface area (Å²) in [4.78, 5) is 16.1. The SMILES string of the molecule is CNCCC1CC12CCN(c1ccc(C(=O)N(C)C)c(Cl)c1)CC2. The number of amides is 1. The van der Waals surface area contributed by atoms with Crippen molar-refractivity contribution >= 4 is 23.2 Å². The van der Waals surface area contributed by atoms with E-state index in [4.69, 9.17) is 11.6 Å². The molecule has 1 aromatic rings. The van der Waals surface area contributed by atoms with Crippen LogP contribution in [0.15, 0.2) is 18.2 Å². The molecule has 2 aliphatic rings. The van der Waals surface area contributed by atoms with Crippen LogP contribution in [0.1, 0.15) is 36.0 Å². The molecule has 1 spiro atoms. The van der Waals surface area contributed by atoms with Gasteiger partial charge in [-0.1, -0.05) is 11.6 Å². The second kappa shape index (κ2) is 6.93. The summed E-state index contributed by atoms with van der Waals surface area (Å²) in [5.41, 5.74) is 2.32. The van der Waals surface area contributed by atoms with Gasteiger partial charge in [0, 0.05) is 32.9 Å². The first-order valence-corrected chi connectivity index (χ1v) is 9.25. The van der Waals surface area contributed by atoms with Crippen LogP contribution in [-0.2, 0) is 0 Å². The molecule has 1 N–H and O–H groups in total. The lowest BCUT2D eigenvalue weighted by Gasteiger charge is -2.35. The van der Waals surface area contributed by atoms with Gasteiger partial charge in [0.1, 0.15) is 0 Å². The fourth-order valence-electron chi connectivity index (χ4n) is 4.10. The molecule has 1 aromatic carbocycles. The van der Waals surface area contributed by atoms with E-state index in [1.165, 1.54) is 25.7 Å². The molecule has 3 rings (SSSR count). The lowest BCUT2D eigenvalue weighted by atomic mass is 9.89. The van der Waals surface area contributed by atoms with E-state index >= 15 is 0 Å². The fourth-order valence-corrected chi connectivity index (χ4v) is 4.35. The van der Waals surface area contributed by atoms with Crippen LogP contribution in [-0.4, -0.2) is 51.6 Å². The summed E-state index contributed by atoms with van der Waals surface area (Å²) >= 11 is 6.36. The summed E-state index contributed by atoms with van der Waals surface area (Å²) in [5.74, 6) is 0.866. The van der Waals surface area contributed by atoms with E-state index in [-0.39, 0.29) is 5.91 Å².